The fourth-order valence-electron chi connectivity index (χ4n) is 2.03. The van der Waals surface area contributed by atoms with Gasteiger partial charge in [-0.15, -0.1) is 0 Å². The first kappa shape index (κ1) is 14.2. The lowest BCUT2D eigenvalue weighted by molar-refractivity contribution is 0.705. The summed E-state index contributed by atoms with van der Waals surface area (Å²) in [5, 5.41) is 0. The van der Waals surface area contributed by atoms with Crippen molar-refractivity contribution in [1.82, 2.24) is 4.98 Å². The molecule has 1 heterocycles. The van der Waals surface area contributed by atoms with Crippen LogP contribution in [0.4, 0.5) is 0 Å². The minimum atomic E-state index is -0.00761. The Morgan fingerprint density at radius 3 is 2.63 bits per heavy atom. The number of pyridine rings is 1. The number of benzene rings is 1. The highest BCUT2D eigenvalue weighted by Gasteiger charge is 2.09. The number of hydrogen-bond acceptors (Lipinski definition) is 2. The molecule has 0 amide bonds. The van der Waals surface area contributed by atoms with Crippen LogP contribution >= 0.6 is 15.9 Å². The first-order valence-electron chi connectivity index (χ1n) is 6.55. The minimum Gasteiger partial charge on any atom is -0.324 e. The lowest BCUT2D eigenvalue weighted by Crippen LogP contribution is -2.14. The summed E-state index contributed by atoms with van der Waals surface area (Å²) < 4.78 is 1.12. The number of halogens is 1. The van der Waals surface area contributed by atoms with Gasteiger partial charge in [-0.1, -0.05) is 41.1 Å². The fourth-order valence-corrected chi connectivity index (χ4v) is 2.27. The zero-order valence-corrected chi connectivity index (χ0v) is 12.9. The van der Waals surface area contributed by atoms with E-state index in [0.29, 0.717) is 0 Å². The standard InChI is InChI=1S/C16H19BrN2/c1-3-12-4-6-14(19-10-12)9-16(18)13-5-7-15(17)11(2)8-13/h4-8,10,16H,3,9,18H2,1-2H3. The van der Waals surface area contributed by atoms with Crippen LogP contribution in [0.3, 0.4) is 0 Å². The molecule has 0 fully saturated rings. The van der Waals surface area contributed by atoms with Gasteiger partial charge in [-0.25, -0.2) is 0 Å². The third-order valence-electron chi connectivity index (χ3n) is 3.33. The van der Waals surface area contributed by atoms with E-state index in [-0.39, 0.29) is 6.04 Å². The van der Waals surface area contributed by atoms with Gasteiger partial charge in [-0.2, -0.15) is 0 Å². The molecule has 2 aromatic rings. The average molecular weight is 319 g/mol. The van der Waals surface area contributed by atoms with Crippen molar-refractivity contribution in [3.63, 3.8) is 0 Å². The van der Waals surface area contributed by atoms with Crippen molar-refractivity contribution in [3.8, 4) is 0 Å². The number of rotatable bonds is 4. The molecule has 2 rings (SSSR count). The first-order valence-corrected chi connectivity index (χ1v) is 7.35. The number of hydrogen-bond donors (Lipinski definition) is 1. The molecule has 1 unspecified atom stereocenters. The van der Waals surface area contributed by atoms with Crippen LogP contribution in [0.5, 0.6) is 0 Å². The molecule has 1 aromatic heterocycles. The molecule has 0 bridgehead atoms. The van der Waals surface area contributed by atoms with E-state index in [1.807, 2.05) is 6.20 Å². The Bertz CT molecular complexity index is 549. The van der Waals surface area contributed by atoms with Crippen LogP contribution in [0, 0.1) is 6.92 Å². The predicted molar refractivity (Wildman–Crippen MR) is 83.1 cm³/mol. The number of aromatic nitrogens is 1. The Morgan fingerprint density at radius 1 is 1.26 bits per heavy atom. The first-order chi connectivity index (χ1) is 9.10. The zero-order valence-electron chi connectivity index (χ0n) is 11.4. The summed E-state index contributed by atoms with van der Waals surface area (Å²) in [5.41, 5.74) is 10.9. The molecular weight excluding hydrogens is 300 g/mol. The molecular formula is C16H19BrN2. The number of aryl methyl sites for hydroxylation is 2. The quantitative estimate of drug-likeness (QED) is 0.926. The van der Waals surface area contributed by atoms with Crippen molar-refractivity contribution >= 4 is 15.9 Å². The summed E-state index contributed by atoms with van der Waals surface area (Å²) in [7, 11) is 0. The van der Waals surface area contributed by atoms with E-state index in [1.165, 1.54) is 11.1 Å². The normalized spacial score (nSPS) is 12.4. The summed E-state index contributed by atoms with van der Waals surface area (Å²) in [6.45, 7) is 4.21. The molecule has 0 saturated heterocycles. The van der Waals surface area contributed by atoms with Gasteiger partial charge in [0.1, 0.15) is 0 Å². The highest BCUT2D eigenvalue weighted by molar-refractivity contribution is 9.10. The molecule has 0 radical (unpaired) electrons. The maximum absolute atomic E-state index is 6.26. The van der Waals surface area contributed by atoms with Crippen molar-refractivity contribution < 1.29 is 0 Å². The van der Waals surface area contributed by atoms with Crippen molar-refractivity contribution in [1.29, 1.82) is 0 Å². The molecule has 0 aliphatic carbocycles. The Hall–Kier alpha value is -1.19. The molecule has 2 nitrogen and oxygen atoms in total. The number of nitrogens with zero attached hydrogens (tertiary/aromatic N) is 1. The fraction of sp³-hybridized carbons (Fsp3) is 0.312. The molecule has 0 aliphatic heterocycles. The van der Waals surface area contributed by atoms with E-state index in [2.05, 4.69) is 65.1 Å². The second-order valence-corrected chi connectivity index (χ2v) is 5.68. The van der Waals surface area contributed by atoms with Gasteiger partial charge in [0.25, 0.3) is 0 Å². The van der Waals surface area contributed by atoms with Crippen LogP contribution < -0.4 is 5.73 Å². The molecule has 0 aliphatic rings. The second kappa shape index (κ2) is 6.31. The Kier molecular flexibility index (Phi) is 4.72. The highest BCUT2D eigenvalue weighted by atomic mass is 79.9. The maximum Gasteiger partial charge on any atom is 0.0422 e. The third-order valence-corrected chi connectivity index (χ3v) is 4.22. The molecule has 0 saturated carbocycles. The highest BCUT2D eigenvalue weighted by Crippen LogP contribution is 2.22. The molecule has 3 heteroatoms. The third kappa shape index (κ3) is 3.64. The summed E-state index contributed by atoms with van der Waals surface area (Å²) >= 11 is 3.51. The van der Waals surface area contributed by atoms with E-state index in [9.17, 15) is 0 Å². The molecule has 1 aromatic carbocycles. The van der Waals surface area contributed by atoms with Crippen molar-refractivity contribution in [2.75, 3.05) is 0 Å². The summed E-state index contributed by atoms with van der Waals surface area (Å²) in [6, 6.07) is 10.5. The van der Waals surface area contributed by atoms with Gasteiger partial charge < -0.3 is 5.73 Å². The van der Waals surface area contributed by atoms with Gasteiger partial charge >= 0.3 is 0 Å². The molecule has 100 valence electrons. The van der Waals surface area contributed by atoms with Crippen LogP contribution in [0.1, 0.15) is 35.3 Å². The average Bonchev–Trinajstić information content (AvgIpc) is 2.42. The minimum absolute atomic E-state index is 0.00761. The smallest absolute Gasteiger partial charge is 0.0422 e. The predicted octanol–water partition coefficient (Wildman–Crippen LogP) is 3.96. The topological polar surface area (TPSA) is 38.9 Å². The van der Waals surface area contributed by atoms with E-state index >= 15 is 0 Å². The van der Waals surface area contributed by atoms with Gasteiger partial charge in [-0.05, 0) is 42.2 Å². The summed E-state index contributed by atoms with van der Waals surface area (Å²) in [4.78, 5) is 4.47. The van der Waals surface area contributed by atoms with Crippen molar-refractivity contribution in [3.05, 3.63) is 63.4 Å². The van der Waals surface area contributed by atoms with Crippen LogP contribution in [0.25, 0.3) is 0 Å². The van der Waals surface area contributed by atoms with E-state index in [1.54, 1.807) is 0 Å². The van der Waals surface area contributed by atoms with Gasteiger partial charge in [0, 0.05) is 28.8 Å². The largest absolute Gasteiger partial charge is 0.324 e. The second-order valence-electron chi connectivity index (χ2n) is 4.83. The van der Waals surface area contributed by atoms with Crippen LogP contribution in [-0.4, -0.2) is 4.98 Å². The Balaban J connectivity index is 2.10. The van der Waals surface area contributed by atoms with Crippen LogP contribution in [-0.2, 0) is 12.8 Å². The molecule has 0 spiro atoms. The van der Waals surface area contributed by atoms with Gasteiger partial charge in [0.15, 0.2) is 0 Å². The summed E-state index contributed by atoms with van der Waals surface area (Å²) in [6.07, 6.45) is 3.73. The Labute approximate surface area is 123 Å². The van der Waals surface area contributed by atoms with E-state index < -0.39 is 0 Å². The van der Waals surface area contributed by atoms with E-state index in [4.69, 9.17) is 5.73 Å². The van der Waals surface area contributed by atoms with Gasteiger partial charge in [0.05, 0.1) is 0 Å². The van der Waals surface area contributed by atoms with Crippen molar-refractivity contribution in [2.24, 2.45) is 5.73 Å². The molecule has 19 heavy (non-hydrogen) atoms. The zero-order chi connectivity index (χ0) is 13.8. The van der Waals surface area contributed by atoms with Crippen LogP contribution in [0.2, 0.25) is 0 Å². The van der Waals surface area contributed by atoms with E-state index in [0.717, 1.165) is 28.6 Å². The molecule has 2 N–H and O–H groups in total. The van der Waals surface area contributed by atoms with Gasteiger partial charge in [-0.3, -0.25) is 4.98 Å². The monoisotopic (exact) mass is 318 g/mol. The van der Waals surface area contributed by atoms with Crippen LogP contribution in [0.15, 0.2) is 41.0 Å². The lowest BCUT2D eigenvalue weighted by Gasteiger charge is -2.13. The van der Waals surface area contributed by atoms with Crippen molar-refractivity contribution in [2.45, 2.75) is 32.7 Å². The molecule has 1 atom stereocenters. The number of nitrogens with two attached hydrogens (primary N) is 1. The lowest BCUT2D eigenvalue weighted by atomic mass is 10.0. The Morgan fingerprint density at radius 2 is 2.05 bits per heavy atom. The maximum atomic E-state index is 6.26. The SMILES string of the molecule is CCc1ccc(CC(N)c2ccc(Br)c(C)c2)nc1. The van der Waals surface area contributed by atoms with Gasteiger partial charge in [0.2, 0.25) is 0 Å². The summed E-state index contributed by atoms with van der Waals surface area (Å²) in [5.74, 6) is 0.